The molecule has 0 aromatic carbocycles. The minimum atomic E-state index is -2.49. The van der Waals surface area contributed by atoms with Gasteiger partial charge >= 0.3 is 0 Å². The van der Waals surface area contributed by atoms with Crippen LogP contribution >= 0.6 is 0 Å². The van der Waals surface area contributed by atoms with Crippen LogP contribution in [-0.2, 0) is 4.79 Å². The van der Waals surface area contributed by atoms with E-state index in [1.165, 1.54) is 0 Å². The molecule has 0 unspecified atom stereocenters. The molecule has 1 aliphatic heterocycles. The molecule has 0 radical (unpaired) electrons. The van der Waals surface area contributed by atoms with Crippen molar-refractivity contribution >= 4 is 11.9 Å². The van der Waals surface area contributed by atoms with Crippen molar-refractivity contribution in [3.63, 3.8) is 0 Å². The van der Waals surface area contributed by atoms with Crippen LogP contribution in [0.3, 0.4) is 0 Å². The van der Waals surface area contributed by atoms with Crippen molar-refractivity contribution in [1.82, 2.24) is 15.1 Å². The van der Waals surface area contributed by atoms with Crippen LogP contribution in [0.25, 0.3) is 0 Å². The first-order valence-corrected chi connectivity index (χ1v) is 7.32. The number of guanidine groups is 1. The van der Waals surface area contributed by atoms with Gasteiger partial charge in [0.2, 0.25) is 5.91 Å². The number of piperazine rings is 1. The predicted molar refractivity (Wildman–Crippen MR) is 79.6 cm³/mol. The van der Waals surface area contributed by atoms with E-state index < -0.39 is 13.0 Å². The van der Waals surface area contributed by atoms with Crippen molar-refractivity contribution in [2.45, 2.75) is 52.6 Å². The lowest BCUT2D eigenvalue weighted by Crippen LogP contribution is -2.66. The minimum absolute atomic E-state index is 0.0103. The molecular formula is C14H26F2N4O. The maximum atomic E-state index is 12.4. The second-order valence-corrected chi connectivity index (χ2v) is 6.11. The first-order valence-electron chi connectivity index (χ1n) is 7.32. The number of carbonyl (C=O) groups excluding carboxylic acids is 1. The second kappa shape index (κ2) is 7.04. The van der Waals surface area contributed by atoms with E-state index in [2.05, 4.69) is 10.3 Å². The highest BCUT2D eigenvalue weighted by molar-refractivity contribution is 5.88. The number of hydrogen-bond acceptors (Lipinski definition) is 2. The second-order valence-electron chi connectivity index (χ2n) is 6.11. The molecule has 1 amide bonds. The molecule has 0 saturated carbocycles. The molecule has 0 spiro atoms. The summed E-state index contributed by atoms with van der Waals surface area (Å²) in [5.41, 5.74) is -0.371. The number of nitrogens with zero attached hydrogens (tertiary/aromatic N) is 3. The highest BCUT2D eigenvalue weighted by Gasteiger charge is 2.40. The Labute approximate surface area is 125 Å². The summed E-state index contributed by atoms with van der Waals surface area (Å²) < 4.78 is 24.7. The SMILES string of the molecule is CCNC(=NCC(F)F)N1CC(=O)N(C(C)C)C(C)(C)C1. The fraction of sp³-hybridized carbons (Fsp3) is 0.857. The number of aliphatic imine (C=N–C) groups is 1. The van der Waals surface area contributed by atoms with Crippen molar-refractivity contribution in [1.29, 1.82) is 0 Å². The number of halogens is 2. The van der Waals surface area contributed by atoms with E-state index in [1.54, 1.807) is 4.90 Å². The van der Waals surface area contributed by atoms with Gasteiger partial charge in [-0.2, -0.15) is 0 Å². The summed E-state index contributed by atoms with van der Waals surface area (Å²) in [7, 11) is 0. The van der Waals surface area contributed by atoms with Crippen molar-refractivity contribution in [3.05, 3.63) is 0 Å². The molecule has 7 heteroatoms. The molecule has 1 aliphatic rings. The maximum Gasteiger partial charge on any atom is 0.257 e. The van der Waals surface area contributed by atoms with Gasteiger partial charge in [-0.3, -0.25) is 4.79 Å². The molecular weight excluding hydrogens is 278 g/mol. The van der Waals surface area contributed by atoms with Gasteiger partial charge in [0.25, 0.3) is 6.43 Å². The number of nitrogens with one attached hydrogen (secondary N) is 1. The van der Waals surface area contributed by atoms with Gasteiger partial charge in [-0.25, -0.2) is 13.8 Å². The van der Waals surface area contributed by atoms with Gasteiger partial charge in [-0.1, -0.05) is 0 Å². The van der Waals surface area contributed by atoms with Gasteiger partial charge in [-0.15, -0.1) is 0 Å². The van der Waals surface area contributed by atoms with Crippen LogP contribution in [0.2, 0.25) is 0 Å². The summed E-state index contributed by atoms with van der Waals surface area (Å²) >= 11 is 0. The number of carbonyl (C=O) groups is 1. The normalized spacial score (nSPS) is 19.7. The molecule has 122 valence electrons. The van der Waals surface area contributed by atoms with E-state index in [-0.39, 0.29) is 24.0 Å². The molecule has 21 heavy (non-hydrogen) atoms. The van der Waals surface area contributed by atoms with Crippen LogP contribution < -0.4 is 5.32 Å². The maximum absolute atomic E-state index is 12.4. The Hall–Kier alpha value is -1.40. The van der Waals surface area contributed by atoms with Crippen LogP contribution in [0, 0.1) is 0 Å². The summed E-state index contributed by atoms with van der Waals surface area (Å²) in [4.78, 5) is 19.9. The third-order valence-corrected chi connectivity index (χ3v) is 3.35. The lowest BCUT2D eigenvalue weighted by molar-refractivity contribution is -0.145. The molecule has 0 aromatic rings. The van der Waals surface area contributed by atoms with Crippen molar-refractivity contribution < 1.29 is 13.6 Å². The van der Waals surface area contributed by atoms with Crippen molar-refractivity contribution in [2.75, 3.05) is 26.2 Å². The average molecular weight is 304 g/mol. The number of rotatable bonds is 4. The molecule has 1 fully saturated rings. The Morgan fingerprint density at radius 3 is 2.48 bits per heavy atom. The minimum Gasteiger partial charge on any atom is -0.356 e. The van der Waals surface area contributed by atoms with Crippen LogP contribution in [0.4, 0.5) is 8.78 Å². The molecule has 0 aliphatic carbocycles. The van der Waals surface area contributed by atoms with E-state index in [0.717, 1.165) is 0 Å². The molecule has 1 saturated heterocycles. The summed E-state index contributed by atoms with van der Waals surface area (Å²) in [6, 6.07) is 0.107. The highest BCUT2D eigenvalue weighted by Crippen LogP contribution is 2.24. The zero-order valence-corrected chi connectivity index (χ0v) is 13.5. The van der Waals surface area contributed by atoms with Gasteiger partial charge < -0.3 is 15.1 Å². The summed E-state index contributed by atoms with van der Waals surface area (Å²) in [6.07, 6.45) is -2.49. The van der Waals surface area contributed by atoms with Gasteiger partial charge in [0.1, 0.15) is 6.54 Å². The summed E-state index contributed by atoms with van der Waals surface area (Å²) in [5, 5.41) is 2.98. The molecule has 1 heterocycles. The molecule has 5 nitrogen and oxygen atoms in total. The molecule has 1 rings (SSSR count). The average Bonchev–Trinajstić information content (AvgIpc) is 2.31. The van der Waals surface area contributed by atoms with Gasteiger partial charge in [0, 0.05) is 19.1 Å². The Kier molecular flexibility index (Phi) is 5.92. The Morgan fingerprint density at radius 1 is 1.43 bits per heavy atom. The monoisotopic (exact) mass is 304 g/mol. The predicted octanol–water partition coefficient (Wildman–Crippen LogP) is 1.55. The summed E-state index contributed by atoms with van der Waals surface area (Å²) in [6.45, 7) is 10.5. The molecule has 1 N–H and O–H groups in total. The van der Waals surface area contributed by atoms with Crippen LogP contribution in [0.5, 0.6) is 0 Å². The van der Waals surface area contributed by atoms with Gasteiger partial charge in [0.05, 0.1) is 12.1 Å². The van der Waals surface area contributed by atoms with Crippen molar-refractivity contribution in [2.24, 2.45) is 4.99 Å². The van der Waals surface area contributed by atoms with Crippen LogP contribution in [0.1, 0.15) is 34.6 Å². The van der Waals surface area contributed by atoms with Gasteiger partial charge in [0.15, 0.2) is 5.96 Å². The largest absolute Gasteiger partial charge is 0.356 e. The highest BCUT2D eigenvalue weighted by atomic mass is 19.3. The standard InChI is InChI=1S/C14H26F2N4O/c1-6-17-13(18-7-11(15)16)19-8-12(21)20(10(2)3)14(4,5)9-19/h10-11H,6-9H2,1-5H3,(H,17,18). The lowest BCUT2D eigenvalue weighted by Gasteiger charge is -2.49. The molecule has 0 bridgehead atoms. The van der Waals surface area contributed by atoms with E-state index in [4.69, 9.17) is 0 Å². The fourth-order valence-corrected chi connectivity index (χ4v) is 2.89. The number of alkyl halides is 2. The van der Waals surface area contributed by atoms with E-state index in [1.807, 2.05) is 39.5 Å². The van der Waals surface area contributed by atoms with Crippen molar-refractivity contribution in [3.8, 4) is 0 Å². The molecule has 0 atom stereocenters. The number of hydrogen-bond donors (Lipinski definition) is 1. The van der Waals surface area contributed by atoms with Gasteiger partial charge in [-0.05, 0) is 34.6 Å². The van der Waals surface area contributed by atoms with E-state index >= 15 is 0 Å². The molecule has 0 aromatic heterocycles. The lowest BCUT2D eigenvalue weighted by atomic mass is 9.96. The zero-order valence-electron chi connectivity index (χ0n) is 13.5. The van der Waals surface area contributed by atoms with Crippen LogP contribution in [-0.4, -0.2) is 65.9 Å². The van der Waals surface area contributed by atoms with Crippen LogP contribution in [0.15, 0.2) is 4.99 Å². The fourth-order valence-electron chi connectivity index (χ4n) is 2.89. The van der Waals surface area contributed by atoms with E-state index in [0.29, 0.717) is 19.0 Å². The number of amides is 1. The topological polar surface area (TPSA) is 47.9 Å². The Balaban J connectivity index is 2.93. The Morgan fingerprint density at radius 2 is 2.05 bits per heavy atom. The Bertz CT molecular complexity index is 396. The smallest absolute Gasteiger partial charge is 0.257 e. The third kappa shape index (κ3) is 4.54. The summed E-state index contributed by atoms with van der Waals surface area (Å²) in [5.74, 6) is 0.367. The first kappa shape index (κ1) is 17.7. The third-order valence-electron chi connectivity index (χ3n) is 3.35. The zero-order chi connectivity index (χ0) is 16.2. The first-order chi connectivity index (χ1) is 9.69. The van der Waals surface area contributed by atoms with E-state index in [9.17, 15) is 13.6 Å². The quantitative estimate of drug-likeness (QED) is 0.633.